The normalized spacial score (nSPS) is 23.6. The molecule has 0 amide bonds. The van der Waals surface area contributed by atoms with Crippen molar-refractivity contribution in [3.63, 3.8) is 0 Å². The van der Waals surface area contributed by atoms with Gasteiger partial charge in [0, 0.05) is 25.7 Å². The fourth-order valence-electron chi connectivity index (χ4n) is 2.96. The summed E-state index contributed by atoms with van der Waals surface area (Å²) in [6, 6.07) is 0.0421. The van der Waals surface area contributed by atoms with Gasteiger partial charge in [-0.25, -0.2) is 0 Å². The third-order valence-electron chi connectivity index (χ3n) is 4.16. The zero-order chi connectivity index (χ0) is 13.9. The first kappa shape index (κ1) is 15.2. The fourth-order valence-corrected chi connectivity index (χ4v) is 4.91. The molecule has 0 bridgehead atoms. The number of nitrogens with one attached hydrogen (secondary N) is 1. The Kier molecular flexibility index (Phi) is 5.22. The van der Waals surface area contributed by atoms with E-state index in [1.807, 2.05) is 13.8 Å². The zero-order valence-electron chi connectivity index (χ0n) is 12.1. The van der Waals surface area contributed by atoms with Crippen molar-refractivity contribution in [1.29, 1.82) is 0 Å². The standard InChI is InChI=1S/C13H27N3O2S/c1-12(2)16(11-13-5-7-14-8-6-13)19(17,18)15-9-3-4-10-15/h12-14H,3-11H2,1-2H3. The summed E-state index contributed by atoms with van der Waals surface area (Å²) in [6.45, 7) is 8.05. The summed E-state index contributed by atoms with van der Waals surface area (Å²) < 4.78 is 28.7. The highest BCUT2D eigenvalue weighted by Gasteiger charge is 2.34. The lowest BCUT2D eigenvalue weighted by atomic mass is 9.98. The average Bonchev–Trinajstić information content (AvgIpc) is 2.91. The molecule has 2 aliphatic heterocycles. The largest absolute Gasteiger partial charge is 0.317 e. The highest BCUT2D eigenvalue weighted by molar-refractivity contribution is 7.86. The van der Waals surface area contributed by atoms with Gasteiger partial charge in [0.1, 0.15) is 0 Å². The van der Waals surface area contributed by atoms with Crippen molar-refractivity contribution in [3.8, 4) is 0 Å². The van der Waals surface area contributed by atoms with Crippen molar-refractivity contribution in [1.82, 2.24) is 13.9 Å². The Bertz CT molecular complexity index is 371. The van der Waals surface area contributed by atoms with Crippen molar-refractivity contribution in [3.05, 3.63) is 0 Å². The maximum atomic E-state index is 12.7. The lowest BCUT2D eigenvalue weighted by Gasteiger charge is -2.34. The Hall–Kier alpha value is -0.170. The van der Waals surface area contributed by atoms with Gasteiger partial charge in [0.05, 0.1) is 0 Å². The maximum Gasteiger partial charge on any atom is 0.282 e. The van der Waals surface area contributed by atoms with E-state index < -0.39 is 10.2 Å². The molecule has 2 aliphatic rings. The van der Waals surface area contributed by atoms with E-state index in [1.54, 1.807) is 8.61 Å². The van der Waals surface area contributed by atoms with Crippen LogP contribution in [0.15, 0.2) is 0 Å². The summed E-state index contributed by atoms with van der Waals surface area (Å²) in [5, 5.41) is 3.33. The molecule has 0 aromatic rings. The summed E-state index contributed by atoms with van der Waals surface area (Å²) >= 11 is 0. The first-order valence-electron chi connectivity index (χ1n) is 7.49. The van der Waals surface area contributed by atoms with Crippen LogP contribution in [0.5, 0.6) is 0 Å². The van der Waals surface area contributed by atoms with Crippen LogP contribution >= 0.6 is 0 Å². The molecule has 2 rings (SSSR count). The van der Waals surface area contributed by atoms with E-state index >= 15 is 0 Å². The number of piperidine rings is 1. The second kappa shape index (κ2) is 6.52. The Balaban J connectivity index is 2.05. The van der Waals surface area contributed by atoms with E-state index in [0.717, 1.165) is 38.8 Å². The van der Waals surface area contributed by atoms with Crippen molar-refractivity contribution in [2.45, 2.75) is 45.6 Å². The number of rotatable bonds is 5. The van der Waals surface area contributed by atoms with Gasteiger partial charge in [-0.15, -0.1) is 0 Å². The van der Waals surface area contributed by atoms with Crippen LogP contribution in [0.4, 0.5) is 0 Å². The minimum Gasteiger partial charge on any atom is -0.317 e. The Labute approximate surface area is 117 Å². The molecule has 0 aromatic carbocycles. The van der Waals surface area contributed by atoms with Crippen LogP contribution in [0.1, 0.15) is 39.5 Å². The number of nitrogens with zero attached hydrogens (tertiary/aromatic N) is 2. The van der Waals surface area contributed by atoms with Crippen molar-refractivity contribution >= 4 is 10.2 Å². The smallest absolute Gasteiger partial charge is 0.282 e. The maximum absolute atomic E-state index is 12.7. The number of hydrogen-bond acceptors (Lipinski definition) is 3. The van der Waals surface area contributed by atoms with Crippen LogP contribution in [0.3, 0.4) is 0 Å². The summed E-state index contributed by atoms with van der Waals surface area (Å²) in [5.41, 5.74) is 0. The molecule has 5 nitrogen and oxygen atoms in total. The molecule has 2 fully saturated rings. The van der Waals surface area contributed by atoms with Crippen LogP contribution in [-0.2, 0) is 10.2 Å². The highest BCUT2D eigenvalue weighted by atomic mass is 32.2. The van der Waals surface area contributed by atoms with E-state index in [4.69, 9.17) is 0 Å². The van der Waals surface area contributed by atoms with E-state index in [2.05, 4.69) is 5.32 Å². The quantitative estimate of drug-likeness (QED) is 0.823. The molecule has 112 valence electrons. The minimum absolute atomic E-state index is 0.0421. The van der Waals surface area contributed by atoms with Gasteiger partial charge in [0.15, 0.2) is 0 Å². The van der Waals surface area contributed by atoms with Crippen LogP contribution in [-0.4, -0.2) is 55.8 Å². The zero-order valence-corrected chi connectivity index (χ0v) is 13.0. The van der Waals surface area contributed by atoms with Gasteiger partial charge in [0.25, 0.3) is 10.2 Å². The summed E-state index contributed by atoms with van der Waals surface area (Å²) in [7, 11) is -3.25. The Morgan fingerprint density at radius 1 is 1.21 bits per heavy atom. The van der Waals surface area contributed by atoms with Gasteiger partial charge in [0.2, 0.25) is 0 Å². The molecular weight excluding hydrogens is 262 g/mol. The highest BCUT2D eigenvalue weighted by Crippen LogP contribution is 2.22. The first-order chi connectivity index (χ1) is 9.01. The fraction of sp³-hybridized carbons (Fsp3) is 1.00. The average molecular weight is 289 g/mol. The molecule has 2 saturated heterocycles. The molecule has 0 spiro atoms. The van der Waals surface area contributed by atoms with E-state index in [0.29, 0.717) is 25.6 Å². The Morgan fingerprint density at radius 3 is 2.32 bits per heavy atom. The van der Waals surface area contributed by atoms with Gasteiger partial charge >= 0.3 is 0 Å². The molecule has 1 N–H and O–H groups in total. The van der Waals surface area contributed by atoms with Crippen molar-refractivity contribution in [2.75, 3.05) is 32.7 Å². The van der Waals surface area contributed by atoms with Crippen molar-refractivity contribution < 1.29 is 8.42 Å². The lowest BCUT2D eigenvalue weighted by molar-refractivity contribution is 0.247. The van der Waals surface area contributed by atoms with Crippen LogP contribution in [0.25, 0.3) is 0 Å². The third kappa shape index (κ3) is 3.68. The lowest BCUT2D eigenvalue weighted by Crippen LogP contribution is -2.48. The molecular formula is C13H27N3O2S. The van der Waals surface area contributed by atoms with Gasteiger partial charge in [-0.2, -0.15) is 17.0 Å². The molecule has 0 aromatic heterocycles. The predicted molar refractivity (Wildman–Crippen MR) is 77.2 cm³/mol. The molecule has 0 saturated carbocycles. The third-order valence-corrected chi connectivity index (χ3v) is 6.34. The van der Waals surface area contributed by atoms with E-state index in [9.17, 15) is 8.42 Å². The molecule has 2 heterocycles. The second-order valence-electron chi connectivity index (χ2n) is 5.97. The topological polar surface area (TPSA) is 52.7 Å². The molecule has 0 aliphatic carbocycles. The second-order valence-corrected chi connectivity index (χ2v) is 7.85. The monoisotopic (exact) mass is 289 g/mol. The Morgan fingerprint density at radius 2 is 1.79 bits per heavy atom. The molecule has 6 heteroatoms. The molecule has 0 unspecified atom stereocenters. The van der Waals surface area contributed by atoms with Crippen LogP contribution in [0.2, 0.25) is 0 Å². The van der Waals surface area contributed by atoms with Gasteiger partial charge in [-0.05, 0) is 58.5 Å². The van der Waals surface area contributed by atoms with Gasteiger partial charge in [-0.3, -0.25) is 0 Å². The summed E-state index contributed by atoms with van der Waals surface area (Å²) in [6.07, 6.45) is 4.16. The molecule has 19 heavy (non-hydrogen) atoms. The van der Waals surface area contributed by atoms with E-state index in [-0.39, 0.29) is 6.04 Å². The number of hydrogen-bond donors (Lipinski definition) is 1. The van der Waals surface area contributed by atoms with Crippen LogP contribution < -0.4 is 5.32 Å². The first-order valence-corrected chi connectivity index (χ1v) is 8.89. The van der Waals surface area contributed by atoms with Gasteiger partial charge < -0.3 is 5.32 Å². The van der Waals surface area contributed by atoms with Gasteiger partial charge in [-0.1, -0.05) is 0 Å². The van der Waals surface area contributed by atoms with Crippen LogP contribution in [0, 0.1) is 5.92 Å². The molecule has 0 radical (unpaired) electrons. The molecule has 0 atom stereocenters. The van der Waals surface area contributed by atoms with E-state index in [1.165, 1.54) is 0 Å². The van der Waals surface area contributed by atoms with Crippen molar-refractivity contribution in [2.24, 2.45) is 5.92 Å². The summed E-state index contributed by atoms with van der Waals surface area (Å²) in [5.74, 6) is 0.501. The summed E-state index contributed by atoms with van der Waals surface area (Å²) in [4.78, 5) is 0. The minimum atomic E-state index is -3.25. The predicted octanol–water partition coefficient (Wildman–Crippen LogP) is 1.04. The SMILES string of the molecule is CC(C)N(CC1CCNCC1)S(=O)(=O)N1CCCC1.